The molecule has 0 radical (unpaired) electrons. The van der Waals surface area contributed by atoms with Crippen molar-refractivity contribution in [3.63, 3.8) is 0 Å². The summed E-state index contributed by atoms with van der Waals surface area (Å²) in [6.07, 6.45) is 3.09. The molecule has 18 heteroatoms. The molecule has 262 valence electrons. The molecule has 0 aliphatic carbocycles. The maximum absolute atomic E-state index is 13.6. The van der Waals surface area contributed by atoms with Gasteiger partial charge in [-0.2, -0.15) is 4.91 Å². The largest absolute Gasteiger partial charge is 0.480 e. The number of nitrogens with two attached hydrogens (primary N) is 1. The number of H-pyrrole nitrogens is 1. The van der Waals surface area contributed by atoms with E-state index in [1.54, 1.807) is 20.0 Å². The van der Waals surface area contributed by atoms with Gasteiger partial charge in [0.2, 0.25) is 23.6 Å². The molecule has 0 spiro atoms. The minimum Gasteiger partial charge on any atom is -0.480 e. The second kappa shape index (κ2) is 19.9. The first-order valence-corrected chi connectivity index (χ1v) is 15.6. The molecule has 10 N–H and O–H groups in total. The number of benzene rings is 1. The van der Waals surface area contributed by atoms with E-state index < -0.39 is 65.7 Å². The number of unbranched alkanes of at least 4 members (excludes halogenated alkanes) is 1. The van der Waals surface area contributed by atoms with E-state index in [4.69, 9.17) is 11.3 Å². The van der Waals surface area contributed by atoms with Gasteiger partial charge in [-0.15, -0.1) is 5.53 Å². The molecule has 4 atom stereocenters. The Balaban J connectivity index is 2.22. The Labute approximate surface area is 277 Å². The normalized spacial score (nSPS) is 13.2. The monoisotopic (exact) mass is 671 g/mol. The minimum atomic E-state index is -1.30. The van der Waals surface area contributed by atoms with E-state index >= 15 is 0 Å². The van der Waals surface area contributed by atoms with Crippen LogP contribution in [0.3, 0.4) is 0 Å². The van der Waals surface area contributed by atoms with Crippen molar-refractivity contribution in [2.24, 2.45) is 16.9 Å². The van der Waals surface area contributed by atoms with E-state index in [-0.39, 0.29) is 32.2 Å². The van der Waals surface area contributed by atoms with E-state index in [9.17, 15) is 33.9 Å². The Hall–Kier alpha value is -5.51. The molecule has 0 bridgehead atoms. The molecule has 0 aliphatic heterocycles. The molecule has 18 nitrogen and oxygen atoms in total. The molecule has 0 saturated carbocycles. The molecule has 6 amide bonds. The number of carbonyl (C=O) groups excluding carboxylic acids is 5. The number of nitrogens with zero attached hydrogens (tertiary/aromatic N) is 3. The highest BCUT2D eigenvalue weighted by atomic mass is 16.4. The smallest absolute Gasteiger partial charge is 0.326 e. The lowest BCUT2D eigenvalue weighted by atomic mass is 10.00. The SMILES string of the molecule is CC(=O)N[C@@H](Cc1c[nH]c2ccccc12)C(=O)N[C@@H](CCCCNN=[N+]=[N-])C(=O)N[C@H](C(=O)N[C@@H](CCCNC(N)=O)C(=O)O)C(C)C. The molecule has 48 heavy (non-hydrogen) atoms. The van der Waals surface area contributed by atoms with E-state index in [1.165, 1.54) is 6.92 Å². The van der Waals surface area contributed by atoms with Crippen molar-refractivity contribution in [2.75, 3.05) is 13.1 Å². The van der Waals surface area contributed by atoms with Gasteiger partial charge in [-0.1, -0.05) is 32.0 Å². The van der Waals surface area contributed by atoms with Crippen LogP contribution in [0, 0.1) is 5.92 Å². The summed E-state index contributed by atoms with van der Waals surface area (Å²) >= 11 is 0. The van der Waals surface area contributed by atoms with Crippen LogP contribution in [0.25, 0.3) is 21.3 Å². The van der Waals surface area contributed by atoms with Gasteiger partial charge in [0.15, 0.2) is 0 Å². The Morgan fingerprint density at radius 3 is 2.21 bits per heavy atom. The molecular formula is C30H45N11O7. The molecule has 0 fully saturated rings. The van der Waals surface area contributed by atoms with Crippen LogP contribution < -0.4 is 37.7 Å². The first kappa shape index (κ1) is 38.7. The molecule has 0 aliphatic rings. The van der Waals surface area contributed by atoms with Crippen LogP contribution in [0.1, 0.15) is 58.4 Å². The predicted octanol–water partition coefficient (Wildman–Crippen LogP) is 0.844. The molecule has 1 aromatic carbocycles. The lowest BCUT2D eigenvalue weighted by molar-refractivity contribution is -0.142. The summed E-state index contributed by atoms with van der Waals surface area (Å²) in [6, 6.07) is 2.09. The number of hydrogen-bond donors (Lipinski definition) is 9. The van der Waals surface area contributed by atoms with Gasteiger partial charge in [0.1, 0.15) is 24.2 Å². The first-order valence-electron chi connectivity index (χ1n) is 15.6. The van der Waals surface area contributed by atoms with Crippen molar-refractivity contribution < 1.29 is 33.9 Å². The Morgan fingerprint density at radius 1 is 0.896 bits per heavy atom. The first-order chi connectivity index (χ1) is 22.8. The number of aliphatic carboxylic acids is 1. The van der Waals surface area contributed by atoms with Crippen molar-refractivity contribution >= 4 is 46.5 Å². The topological polar surface area (TPSA) is 285 Å². The summed E-state index contributed by atoms with van der Waals surface area (Å²) in [4.78, 5) is 81.0. The third kappa shape index (κ3) is 13.1. The van der Waals surface area contributed by atoms with E-state index in [2.05, 4.69) is 47.1 Å². The number of primary amides is 1. The van der Waals surface area contributed by atoms with Gasteiger partial charge >= 0.3 is 12.0 Å². The highest BCUT2D eigenvalue weighted by Crippen LogP contribution is 2.19. The lowest BCUT2D eigenvalue weighted by Crippen LogP contribution is -2.59. The van der Waals surface area contributed by atoms with Gasteiger partial charge in [0.05, 0.1) is 6.54 Å². The van der Waals surface area contributed by atoms with Crippen molar-refractivity contribution in [2.45, 2.75) is 83.5 Å². The van der Waals surface area contributed by atoms with Gasteiger partial charge < -0.3 is 42.4 Å². The van der Waals surface area contributed by atoms with Crippen molar-refractivity contribution in [1.82, 2.24) is 37.0 Å². The van der Waals surface area contributed by atoms with Crippen LogP contribution in [0.4, 0.5) is 4.79 Å². The Morgan fingerprint density at radius 2 is 1.56 bits per heavy atom. The summed E-state index contributed by atoms with van der Waals surface area (Å²) in [5.74, 6) is -4.27. The number of azide groups is 1. The molecular weight excluding hydrogens is 626 g/mol. The van der Waals surface area contributed by atoms with Gasteiger partial charge in [-0.05, 0) is 54.9 Å². The Bertz CT molecular complexity index is 1470. The second-order valence-corrected chi connectivity index (χ2v) is 11.5. The van der Waals surface area contributed by atoms with Crippen molar-refractivity contribution in [1.29, 1.82) is 0 Å². The van der Waals surface area contributed by atoms with E-state index in [1.807, 2.05) is 24.3 Å². The zero-order chi connectivity index (χ0) is 35.6. The average Bonchev–Trinajstić information content (AvgIpc) is 3.43. The second-order valence-electron chi connectivity index (χ2n) is 11.5. The highest BCUT2D eigenvalue weighted by molar-refractivity contribution is 5.95. The van der Waals surface area contributed by atoms with Gasteiger partial charge in [0.25, 0.3) is 0 Å². The number of aromatic nitrogens is 1. The highest BCUT2D eigenvalue weighted by Gasteiger charge is 2.32. The van der Waals surface area contributed by atoms with Crippen LogP contribution in [-0.4, -0.2) is 83.0 Å². The molecule has 1 aromatic heterocycles. The zero-order valence-electron chi connectivity index (χ0n) is 27.2. The molecule has 2 rings (SSSR count). The fourth-order valence-corrected chi connectivity index (χ4v) is 4.98. The van der Waals surface area contributed by atoms with Crippen LogP contribution in [0.5, 0.6) is 0 Å². The van der Waals surface area contributed by atoms with Crippen LogP contribution in [0.2, 0.25) is 0 Å². The quantitative estimate of drug-likeness (QED) is 0.0301. The average molecular weight is 672 g/mol. The summed E-state index contributed by atoms with van der Waals surface area (Å²) in [5.41, 5.74) is 17.6. The Kier molecular flexibility index (Phi) is 16.0. The maximum Gasteiger partial charge on any atom is 0.326 e. The number of para-hydroxylation sites is 1. The van der Waals surface area contributed by atoms with Gasteiger partial charge in [-0.3, -0.25) is 24.6 Å². The number of nitrogens with one attached hydrogen (secondary N) is 7. The molecule has 1 heterocycles. The number of carbonyl (C=O) groups is 6. The van der Waals surface area contributed by atoms with Crippen molar-refractivity contribution in [3.05, 3.63) is 46.5 Å². The fraction of sp³-hybridized carbons (Fsp3) is 0.533. The van der Waals surface area contributed by atoms with Crippen LogP contribution >= 0.6 is 0 Å². The molecule has 2 aromatic rings. The summed E-state index contributed by atoms with van der Waals surface area (Å²) in [6.45, 7) is 5.03. The third-order valence-electron chi connectivity index (χ3n) is 7.40. The predicted molar refractivity (Wildman–Crippen MR) is 176 cm³/mol. The summed E-state index contributed by atoms with van der Waals surface area (Å²) in [5, 5.41) is 26.6. The zero-order valence-corrected chi connectivity index (χ0v) is 27.2. The number of carboxylic acid groups (broad SMARTS) is 1. The third-order valence-corrected chi connectivity index (χ3v) is 7.40. The van der Waals surface area contributed by atoms with Crippen molar-refractivity contribution in [3.8, 4) is 0 Å². The molecule has 0 unspecified atom stereocenters. The van der Waals surface area contributed by atoms with E-state index in [0.29, 0.717) is 19.4 Å². The summed E-state index contributed by atoms with van der Waals surface area (Å²) < 4.78 is 0. The van der Waals surface area contributed by atoms with Gasteiger partial charge in [-0.25, -0.2) is 9.59 Å². The fourth-order valence-electron chi connectivity index (χ4n) is 4.98. The number of carboxylic acids is 1. The maximum atomic E-state index is 13.6. The number of urea groups is 1. The number of rotatable bonds is 21. The van der Waals surface area contributed by atoms with Crippen LogP contribution in [0.15, 0.2) is 35.7 Å². The molecule has 0 saturated heterocycles. The number of aromatic amines is 1. The van der Waals surface area contributed by atoms with Gasteiger partial charge in [0, 0.05) is 37.0 Å². The number of hydrogen-bond acceptors (Lipinski definition) is 7. The lowest BCUT2D eigenvalue weighted by Gasteiger charge is -2.27. The number of fused-ring (bicyclic) bond motifs is 1. The summed E-state index contributed by atoms with van der Waals surface area (Å²) in [7, 11) is 0. The van der Waals surface area contributed by atoms with E-state index in [0.717, 1.165) is 16.5 Å². The van der Waals surface area contributed by atoms with Crippen LogP contribution in [-0.2, 0) is 30.4 Å². The number of amides is 6. The minimum absolute atomic E-state index is 0.0103. The standard InChI is InChI=1S/C30H45N11O7/c1-17(2)25(28(45)38-23(29(46)47)12-8-13-33-30(31)48)39-26(43)22(11-6-7-14-35-41-40-32)37-27(44)24(36-18(3)42)15-19-16-34-21-10-5-4-9-20(19)21/h4-5,9-10,16-17,22-25,34-35H,6-8,11-15H2,1-3H3,(H,36,42)(H,37,44)(H,38,45)(H,39,43)(H,46,47)(H3,31,33,48)/t22-,23-,24-,25-/m0/s1.